The zero-order valence-corrected chi connectivity index (χ0v) is 6.05. The molecule has 0 saturated carbocycles. The van der Waals surface area contributed by atoms with Crippen LogP contribution in [0.4, 0.5) is 0 Å². The summed E-state index contributed by atoms with van der Waals surface area (Å²) in [4.78, 5) is 12.0. The van der Waals surface area contributed by atoms with Crippen LogP contribution in [0.2, 0.25) is 0 Å². The highest BCUT2D eigenvalue weighted by Crippen LogP contribution is 2.07. The fourth-order valence-corrected chi connectivity index (χ4v) is 1.20. The first-order chi connectivity index (χ1) is 4.93. The average molecular weight is 138 g/mol. The molecule has 0 spiro atoms. The summed E-state index contributed by atoms with van der Waals surface area (Å²) in [6, 6.07) is 0. The van der Waals surface area contributed by atoms with E-state index in [1.54, 1.807) is 6.29 Å². The van der Waals surface area contributed by atoms with Crippen molar-refractivity contribution in [3.8, 4) is 0 Å². The number of hydrogen-bond acceptors (Lipinski definition) is 2. The molecule has 0 unspecified atom stereocenters. The molecule has 0 aliphatic carbocycles. The second-order valence-electron chi connectivity index (χ2n) is 2.53. The molecule has 1 radical (unpaired) electrons. The summed E-state index contributed by atoms with van der Waals surface area (Å²) in [5.74, 6) is 0. The molecule has 10 heavy (non-hydrogen) atoms. The van der Waals surface area contributed by atoms with Gasteiger partial charge in [-0.05, 0) is 19.3 Å². The third kappa shape index (κ3) is 2.21. The fourth-order valence-electron chi connectivity index (χ4n) is 1.20. The van der Waals surface area contributed by atoms with Gasteiger partial charge in [0.05, 0.1) is 0 Å². The van der Waals surface area contributed by atoms with E-state index in [-0.39, 0.29) is 0 Å². The van der Waals surface area contributed by atoms with E-state index in [9.17, 15) is 4.79 Å². The predicted octanol–water partition coefficient (Wildman–Crippen LogP) is 1.10. The average Bonchev–Trinajstić information content (AvgIpc) is 2.03. The molecule has 55 valence electrons. The summed E-state index contributed by atoms with van der Waals surface area (Å²) in [7, 11) is 0. The zero-order chi connectivity index (χ0) is 7.23. The first kappa shape index (κ1) is 7.32. The molecule has 1 heterocycles. The Kier molecular flexibility index (Phi) is 3.00. The molecule has 1 fully saturated rings. The predicted molar refractivity (Wildman–Crippen MR) is 40.3 cm³/mol. The van der Waals surface area contributed by atoms with Crippen LogP contribution in [0.25, 0.3) is 0 Å². The van der Waals surface area contributed by atoms with Crippen LogP contribution in [0, 0.1) is 0 Å². The van der Waals surface area contributed by atoms with Gasteiger partial charge in [-0.1, -0.05) is 0 Å². The number of carbonyl (C=O) groups excluding carboxylic acids is 1. The van der Waals surface area contributed by atoms with Gasteiger partial charge < -0.3 is 4.90 Å². The minimum Gasteiger partial charge on any atom is -0.377 e. The lowest BCUT2D eigenvalue weighted by atomic mass is 10.1. The van der Waals surface area contributed by atoms with Crippen molar-refractivity contribution < 1.29 is 4.79 Å². The molecular formula is C8H12NO. The first-order valence-corrected chi connectivity index (χ1v) is 3.72. The van der Waals surface area contributed by atoms with Gasteiger partial charge in [0.15, 0.2) is 0 Å². The zero-order valence-electron chi connectivity index (χ0n) is 6.05. The van der Waals surface area contributed by atoms with E-state index in [2.05, 4.69) is 4.90 Å². The van der Waals surface area contributed by atoms with Gasteiger partial charge in [-0.25, -0.2) is 0 Å². The molecule has 2 heteroatoms. The number of likely N-dealkylation sites (tertiary alicyclic amines) is 1. The van der Waals surface area contributed by atoms with Crippen molar-refractivity contribution in [2.45, 2.75) is 19.3 Å². The van der Waals surface area contributed by atoms with Crippen molar-refractivity contribution >= 4 is 6.29 Å². The molecule has 0 amide bonds. The second kappa shape index (κ2) is 4.09. The van der Waals surface area contributed by atoms with Gasteiger partial charge in [0, 0.05) is 25.4 Å². The van der Waals surface area contributed by atoms with Crippen molar-refractivity contribution in [1.82, 2.24) is 4.90 Å². The normalized spacial score (nSPS) is 19.8. The maximum atomic E-state index is 9.81. The Morgan fingerprint density at radius 2 is 1.90 bits per heavy atom. The van der Waals surface area contributed by atoms with E-state index in [0.29, 0.717) is 0 Å². The first-order valence-electron chi connectivity index (χ1n) is 3.72. The molecular weight excluding hydrogens is 126 g/mol. The van der Waals surface area contributed by atoms with Gasteiger partial charge in [-0.2, -0.15) is 0 Å². The highest BCUT2D eigenvalue weighted by Gasteiger charge is 2.03. The number of hydrogen-bond donors (Lipinski definition) is 0. The SMILES string of the molecule is O=[C]C=CN1CCCCC1. The Morgan fingerprint density at radius 3 is 2.50 bits per heavy atom. The smallest absolute Gasteiger partial charge is 0.227 e. The Balaban J connectivity index is 2.25. The highest BCUT2D eigenvalue weighted by molar-refractivity contribution is 5.65. The van der Waals surface area contributed by atoms with Gasteiger partial charge >= 0.3 is 0 Å². The number of allylic oxidation sites excluding steroid dienone is 1. The number of piperidine rings is 1. The Hall–Kier alpha value is -0.790. The fraction of sp³-hybridized carbons (Fsp3) is 0.625. The van der Waals surface area contributed by atoms with Crippen molar-refractivity contribution in [3.63, 3.8) is 0 Å². The van der Waals surface area contributed by atoms with E-state index in [1.807, 2.05) is 6.20 Å². The van der Waals surface area contributed by atoms with Crippen molar-refractivity contribution in [3.05, 3.63) is 12.3 Å². The molecule has 0 bridgehead atoms. The molecule has 1 aliphatic rings. The molecule has 1 rings (SSSR count). The maximum absolute atomic E-state index is 9.81. The van der Waals surface area contributed by atoms with Gasteiger partial charge in [0.2, 0.25) is 6.29 Å². The largest absolute Gasteiger partial charge is 0.377 e. The highest BCUT2D eigenvalue weighted by atomic mass is 16.1. The van der Waals surface area contributed by atoms with E-state index >= 15 is 0 Å². The molecule has 1 aliphatic heterocycles. The molecule has 1 saturated heterocycles. The summed E-state index contributed by atoms with van der Waals surface area (Å²) >= 11 is 0. The third-order valence-corrected chi connectivity index (χ3v) is 1.74. The number of nitrogens with zero attached hydrogens (tertiary/aromatic N) is 1. The quantitative estimate of drug-likeness (QED) is 0.532. The van der Waals surface area contributed by atoms with Gasteiger partial charge in [-0.15, -0.1) is 0 Å². The molecule has 0 N–H and O–H groups in total. The third-order valence-electron chi connectivity index (χ3n) is 1.74. The van der Waals surface area contributed by atoms with Gasteiger partial charge in [0.1, 0.15) is 0 Å². The molecule has 2 nitrogen and oxygen atoms in total. The van der Waals surface area contributed by atoms with Crippen molar-refractivity contribution in [2.75, 3.05) is 13.1 Å². The molecule has 0 aromatic rings. The summed E-state index contributed by atoms with van der Waals surface area (Å²) in [5.41, 5.74) is 0. The van der Waals surface area contributed by atoms with Gasteiger partial charge in [0.25, 0.3) is 0 Å². The molecule has 0 aromatic heterocycles. The van der Waals surface area contributed by atoms with E-state index in [0.717, 1.165) is 13.1 Å². The minimum absolute atomic E-state index is 1.10. The molecule has 0 aromatic carbocycles. The Bertz CT molecular complexity index is 125. The van der Waals surface area contributed by atoms with E-state index in [1.165, 1.54) is 25.3 Å². The van der Waals surface area contributed by atoms with Crippen LogP contribution in [0.1, 0.15) is 19.3 Å². The van der Waals surface area contributed by atoms with E-state index in [4.69, 9.17) is 0 Å². The van der Waals surface area contributed by atoms with Crippen LogP contribution < -0.4 is 0 Å². The van der Waals surface area contributed by atoms with Crippen LogP contribution >= 0.6 is 0 Å². The Morgan fingerprint density at radius 1 is 1.20 bits per heavy atom. The molecule has 0 atom stereocenters. The monoisotopic (exact) mass is 138 g/mol. The summed E-state index contributed by atoms with van der Waals surface area (Å²) in [6.07, 6.45) is 8.84. The minimum atomic E-state index is 1.10. The topological polar surface area (TPSA) is 20.3 Å². The second-order valence-corrected chi connectivity index (χ2v) is 2.53. The van der Waals surface area contributed by atoms with Crippen LogP contribution in [0.5, 0.6) is 0 Å². The number of rotatable bonds is 2. The van der Waals surface area contributed by atoms with Crippen LogP contribution in [0.15, 0.2) is 12.3 Å². The maximum Gasteiger partial charge on any atom is 0.227 e. The lowest BCUT2D eigenvalue weighted by Gasteiger charge is -2.24. The summed E-state index contributed by atoms with van der Waals surface area (Å²) in [6.45, 7) is 2.19. The summed E-state index contributed by atoms with van der Waals surface area (Å²) in [5, 5.41) is 0. The lowest BCUT2D eigenvalue weighted by molar-refractivity contribution is 0.309. The van der Waals surface area contributed by atoms with Crippen molar-refractivity contribution in [2.24, 2.45) is 0 Å². The van der Waals surface area contributed by atoms with Crippen LogP contribution in [-0.2, 0) is 4.79 Å². The standard InChI is InChI=1S/C8H12NO/c10-8-4-7-9-5-2-1-3-6-9/h4,7H,1-3,5-6H2. The van der Waals surface area contributed by atoms with Gasteiger partial charge in [-0.3, -0.25) is 4.79 Å². The van der Waals surface area contributed by atoms with Crippen LogP contribution in [-0.4, -0.2) is 24.3 Å². The summed E-state index contributed by atoms with van der Waals surface area (Å²) < 4.78 is 0. The van der Waals surface area contributed by atoms with Crippen molar-refractivity contribution in [1.29, 1.82) is 0 Å². The van der Waals surface area contributed by atoms with Crippen LogP contribution in [0.3, 0.4) is 0 Å². The lowest BCUT2D eigenvalue weighted by Crippen LogP contribution is -2.24. The van der Waals surface area contributed by atoms with E-state index < -0.39 is 0 Å². The Labute approximate surface area is 61.5 Å².